The van der Waals surface area contributed by atoms with Crippen LogP contribution in [0.4, 0.5) is 0 Å². The van der Waals surface area contributed by atoms with Crippen molar-refractivity contribution in [3.63, 3.8) is 0 Å². The minimum absolute atomic E-state index is 0.161. The van der Waals surface area contributed by atoms with Crippen LogP contribution in [-0.4, -0.2) is 13.1 Å². The molecule has 1 atom stereocenters. The van der Waals surface area contributed by atoms with Gasteiger partial charge in [-0.3, -0.25) is 0 Å². The number of carbonyl (C=O) groups excluding carboxylic acids is 1. The smallest absolute Gasteiger partial charge is 0.373 e. The molecule has 0 bridgehead atoms. The van der Waals surface area contributed by atoms with Crippen LogP contribution in [0.25, 0.3) is 0 Å². The normalized spacial score (nSPS) is 12.2. The second kappa shape index (κ2) is 5.53. The molecular formula is C13H12INO3. The van der Waals surface area contributed by atoms with Crippen molar-refractivity contribution in [2.75, 3.05) is 7.11 Å². The molecule has 2 aromatic rings. The minimum atomic E-state index is -0.504. The van der Waals surface area contributed by atoms with Gasteiger partial charge < -0.3 is 14.9 Å². The molecule has 1 aromatic carbocycles. The van der Waals surface area contributed by atoms with Gasteiger partial charge in [-0.15, -0.1) is 0 Å². The van der Waals surface area contributed by atoms with Crippen molar-refractivity contribution in [1.82, 2.24) is 0 Å². The monoisotopic (exact) mass is 357 g/mol. The fourth-order valence-corrected chi connectivity index (χ4v) is 2.33. The van der Waals surface area contributed by atoms with E-state index in [4.69, 9.17) is 10.2 Å². The van der Waals surface area contributed by atoms with Crippen molar-refractivity contribution < 1.29 is 13.9 Å². The fourth-order valence-electron chi connectivity index (χ4n) is 1.61. The lowest BCUT2D eigenvalue weighted by Gasteiger charge is -2.10. The first kappa shape index (κ1) is 13.1. The van der Waals surface area contributed by atoms with Crippen LogP contribution < -0.4 is 5.73 Å². The summed E-state index contributed by atoms with van der Waals surface area (Å²) < 4.78 is 11.0. The predicted octanol–water partition coefficient (Wildman–Crippen LogP) is 2.72. The summed E-state index contributed by atoms with van der Waals surface area (Å²) in [7, 11) is 1.31. The van der Waals surface area contributed by atoms with Gasteiger partial charge in [-0.05, 0) is 46.4 Å². The second-order valence-corrected chi connectivity index (χ2v) is 4.85. The van der Waals surface area contributed by atoms with E-state index in [1.54, 1.807) is 12.1 Å². The number of hydrogen-bond acceptors (Lipinski definition) is 4. The van der Waals surface area contributed by atoms with E-state index >= 15 is 0 Å². The van der Waals surface area contributed by atoms with Gasteiger partial charge in [-0.1, -0.05) is 18.2 Å². The van der Waals surface area contributed by atoms with E-state index in [1.165, 1.54) is 7.11 Å². The number of carbonyl (C=O) groups is 1. The van der Waals surface area contributed by atoms with Crippen molar-refractivity contribution >= 4 is 28.6 Å². The van der Waals surface area contributed by atoms with Gasteiger partial charge >= 0.3 is 5.97 Å². The first-order chi connectivity index (χ1) is 8.63. The van der Waals surface area contributed by atoms with Crippen molar-refractivity contribution in [1.29, 1.82) is 0 Å². The van der Waals surface area contributed by atoms with Gasteiger partial charge in [-0.2, -0.15) is 0 Å². The first-order valence-corrected chi connectivity index (χ1v) is 6.39. The number of nitrogens with two attached hydrogens (primary N) is 1. The second-order valence-electron chi connectivity index (χ2n) is 3.69. The van der Waals surface area contributed by atoms with E-state index in [1.807, 2.05) is 24.3 Å². The maximum absolute atomic E-state index is 11.3. The molecule has 0 spiro atoms. The Hall–Kier alpha value is -1.34. The molecule has 0 radical (unpaired) electrons. The molecule has 1 heterocycles. The molecule has 0 fully saturated rings. The highest BCUT2D eigenvalue weighted by molar-refractivity contribution is 14.1. The Bertz CT molecular complexity index is 565. The van der Waals surface area contributed by atoms with Crippen LogP contribution in [0.3, 0.4) is 0 Å². The van der Waals surface area contributed by atoms with E-state index in [2.05, 4.69) is 27.3 Å². The highest BCUT2D eigenvalue weighted by atomic mass is 127. The van der Waals surface area contributed by atoms with E-state index in [9.17, 15) is 4.79 Å². The zero-order chi connectivity index (χ0) is 13.1. The van der Waals surface area contributed by atoms with E-state index in [-0.39, 0.29) is 5.76 Å². The summed E-state index contributed by atoms with van der Waals surface area (Å²) in [4.78, 5) is 11.3. The molecule has 5 heteroatoms. The van der Waals surface area contributed by atoms with Crippen LogP contribution in [0.1, 0.15) is 27.9 Å². The van der Waals surface area contributed by atoms with Gasteiger partial charge in [0.25, 0.3) is 0 Å². The third kappa shape index (κ3) is 2.56. The molecule has 94 valence electrons. The van der Waals surface area contributed by atoms with Crippen LogP contribution >= 0.6 is 22.6 Å². The number of ether oxygens (including phenoxy) is 1. The lowest BCUT2D eigenvalue weighted by atomic mass is 10.1. The van der Waals surface area contributed by atoms with Crippen molar-refractivity contribution in [3.8, 4) is 0 Å². The molecule has 18 heavy (non-hydrogen) atoms. The van der Waals surface area contributed by atoms with Gasteiger partial charge in [0.2, 0.25) is 5.76 Å². The van der Waals surface area contributed by atoms with Gasteiger partial charge in [-0.25, -0.2) is 4.79 Å². The van der Waals surface area contributed by atoms with E-state index in [0.29, 0.717) is 5.76 Å². The Balaban J connectivity index is 2.29. The van der Waals surface area contributed by atoms with Crippen molar-refractivity contribution in [2.45, 2.75) is 6.04 Å². The zero-order valence-corrected chi connectivity index (χ0v) is 11.9. The molecule has 0 saturated heterocycles. The number of benzene rings is 1. The van der Waals surface area contributed by atoms with Gasteiger partial charge in [0.1, 0.15) is 5.76 Å². The largest absolute Gasteiger partial charge is 0.463 e. The summed E-state index contributed by atoms with van der Waals surface area (Å²) >= 11 is 2.22. The number of hydrogen-bond donors (Lipinski definition) is 1. The van der Waals surface area contributed by atoms with Crippen LogP contribution in [0.15, 0.2) is 40.8 Å². The van der Waals surface area contributed by atoms with Crippen molar-refractivity contribution in [3.05, 3.63) is 57.1 Å². The standard InChI is InChI=1S/C13H12INO3/c1-17-13(16)11-7-6-10(18-11)12(15)8-4-2-3-5-9(8)14/h2-7,12H,15H2,1H3. The summed E-state index contributed by atoms with van der Waals surface area (Å²) in [5.74, 6) is 0.199. The number of rotatable bonds is 3. The summed E-state index contributed by atoms with van der Waals surface area (Å²) in [6.45, 7) is 0. The van der Waals surface area contributed by atoms with Crippen LogP contribution in [0, 0.1) is 3.57 Å². The highest BCUT2D eigenvalue weighted by Gasteiger charge is 2.18. The molecule has 0 aliphatic rings. The Kier molecular flexibility index (Phi) is 4.03. The number of methoxy groups -OCH3 is 1. The third-order valence-corrected chi connectivity index (χ3v) is 3.54. The number of esters is 1. The zero-order valence-electron chi connectivity index (χ0n) is 9.72. The molecule has 1 unspecified atom stereocenters. The summed E-state index contributed by atoms with van der Waals surface area (Å²) in [6.07, 6.45) is 0. The molecular weight excluding hydrogens is 345 g/mol. The quantitative estimate of drug-likeness (QED) is 0.678. The Labute approximate surface area is 118 Å². The van der Waals surface area contributed by atoms with Gasteiger partial charge in [0.15, 0.2) is 0 Å². The Morgan fingerprint density at radius 2 is 2.06 bits per heavy atom. The number of furan rings is 1. The minimum Gasteiger partial charge on any atom is -0.463 e. The average Bonchev–Trinajstić information content (AvgIpc) is 2.87. The maximum atomic E-state index is 11.3. The molecule has 0 aliphatic heterocycles. The van der Waals surface area contributed by atoms with Crippen LogP contribution in [0.5, 0.6) is 0 Å². The molecule has 2 N–H and O–H groups in total. The molecule has 0 amide bonds. The third-order valence-electron chi connectivity index (χ3n) is 2.56. The van der Waals surface area contributed by atoms with Crippen LogP contribution in [0.2, 0.25) is 0 Å². The van der Waals surface area contributed by atoms with Crippen LogP contribution in [-0.2, 0) is 4.74 Å². The lowest BCUT2D eigenvalue weighted by molar-refractivity contribution is 0.0562. The van der Waals surface area contributed by atoms with Crippen molar-refractivity contribution in [2.24, 2.45) is 5.73 Å². The molecule has 0 aliphatic carbocycles. The molecule has 0 saturated carbocycles. The summed E-state index contributed by atoms with van der Waals surface area (Å²) in [5.41, 5.74) is 7.08. The SMILES string of the molecule is COC(=O)c1ccc(C(N)c2ccccc2I)o1. The summed E-state index contributed by atoms with van der Waals surface area (Å²) in [5, 5.41) is 0. The fraction of sp³-hybridized carbons (Fsp3) is 0.154. The molecule has 4 nitrogen and oxygen atoms in total. The Morgan fingerprint density at radius 3 is 2.72 bits per heavy atom. The Morgan fingerprint density at radius 1 is 1.33 bits per heavy atom. The first-order valence-electron chi connectivity index (χ1n) is 5.31. The predicted molar refractivity (Wildman–Crippen MR) is 75.2 cm³/mol. The maximum Gasteiger partial charge on any atom is 0.373 e. The van der Waals surface area contributed by atoms with Gasteiger partial charge in [0, 0.05) is 3.57 Å². The highest BCUT2D eigenvalue weighted by Crippen LogP contribution is 2.25. The van der Waals surface area contributed by atoms with E-state index in [0.717, 1.165) is 9.13 Å². The average molecular weight is 357 g/mol. The number of halogens is 1. The van der Waals surface area contributed by atoms with Gasteiger partial charge in [0.05, 0.1) is 13.2 Å². The molecule has 2 rings (SSSR count). The molecule has 1 aromatic heterocycles. The lowest BCUT2D eigenvalue weighted by Crippen LogP contribution is -2.12. The van der Waals surface area contributed by atoms with E-state index < -0.39 is 12.0 Å². The summed E-state index contributed by atoms with van der Waals surface area (Å²) in [6, 6.07) is 10.6. The topological polar surface area (TPSA) is 65.5 Å².